The molecule has 1 aliphatic heterocycles. The maximum absolute atomic E-state index is 13.4. The summed E-state index contributed by atoms with van der Waals surface area (Å²) in [5.74, 6) is 1.58. The molecule has 5 rings (SSSR count). The molecule has 1 aliphatic carbocycles. The number of carbonyl (C=O) groups excluding carboxylic acids is 1. The van der Waals surface area contributed by atoms with Crippen molar-refractivity contribution in [1.82, 2.24) is 4.90 Å². The minimum absolute atomic E-state index is 0.00355. The second kappa shape index (κ2) is 6.96. The molecule has 0 spiro atoms. The monoisotopic (exact) mass is 385 g/mol. The predicted octanol–water partition coefficient (Wildman–Crippen LogP) is 4.67. The molecule has 4 heteroatoms. The van der Waals surface area contributed by atoms with Crippen molar-refractivity contribution in [2.24, 2.45) is 0 Å². The number of methoxy groups -OCH3 is 2. The maximum Gasteiger partial charge on any atom is 0.254 e. The van der Waals surface area contributed by atoms with E-state index in [1.165, 1.54) is 22.3 Å². The van der Waals surface area contributed by atoms with Crippen LogP contribution in [0.1, 0.15) is 33.1 Å². The van der Waals surface area contributed by atoms with Crippen molar-refractivity contribution in [1.29, 1.82) is 0 Å². The number of ether oxygens (including phenoxy) is 2. The van der Waals surface area contributed by atoms with Gasteiger partial charge >= 0.3 is 0 Å². The van der Waals surface area contributed by atoms with Crippen LogP contribution < -0.4 is 9.47 Å². The van der Waals surface area contributed by atoms with E-state index in [4.69, 9.17) is 9.47 Å². The fourth-order valence-corrected chi connectivity index (χ4v) is 4.82. The summed E-state index contributed by atoms with van der Waals surface area (Å²) >= 11 is 0. The van der Waals surface area contributed by atoms with E-state index in [1.54, 1.807) is 14.2 Å². The summed E-state index contributed by atoms with van der Waals surface area (Å²) in [6, 6.07) is 20.0. The highest BCUT2D eigenvalue weighted by Crippen LogP contribution is 2.52. The molecule has 1 amide bonds. The largest absolute Gasteiger partial charge is 0.493 e. The van der Waals surface area contributed by atoms with Gasteiger partial charge in [0.1, 0.15) is 0 Å². The minimum atomic E-state index is -0.00355. The van der Waals surface area contributed by atoms with Crippen LogP contribution in [0.2, 0.25) is 0 Å². The Hall–Kier alpha value is -3.27. The summed E-state index contributed by atoms with van der Waals surface area (Å²) in [6.45, 7) is 0.697. The summed E-state index contributed by atoms with van der Waals surface area (Å²) < 4.78 is 11.5. The van der Waals surface area contributed by atoms with Crippen LogP contribution >= 0.6 is 0 Å². The first-order chi connectivity index (χ1) is 14.2. The Kier molecular flexibility index (Phi) is 4.27. The second-order valence-electron chi connectivity index (χ2n) is 7.55. The molecule has 0 saturated heterocycles. The highest BCUT2D eigenvalue weighted by Gasteiger charge is 2.39. The number of benzene rings is 3. The first-order valence-electron chi connectivity index (χ1n) is 9.95. The quantitative estimate of drug-likeness (QED) is 0.658. The van der Waals surface area contributed by atoms with Gasteiger partial charge in [0.2, 0.25) is 0 Å². The molecule has 3 aromatic rings. The molecule has 0 fully saturated rings. The molecule has 29 heavy (non-hydrogen) atoms. The number of amides is 1. The molecule has 3 aromatic carbocycles. The van der Waals surface area contributed by atoms with Gasteiger partial charge in [0.05, 0.1) is 20.3 Å². The third-order valence-corrected chi connectivity index (χ3v) is 6.11. The summed E-state index contributed by atoms with van der Waals surface area (Å²) in [7, 11) is 3.36. The summed E-state index contributed by atoms with van der Waals surface area (Å²) in [5, 5.41) is 0. The van der Waals surface area contributed by atoms with Gasteiger partial charge in [-0.05, 0) is 53.3 Å². The van der Waals surface area contributed by atoms with E-state index >= 15 is 0 Å². The molecule has 2 aliphatic rings. The lowest BCUT2D eigenvalue weighted by Crippen LogP contribution is -2.42. The molecule has 0 radical (unpaired) electrons. The number of hydrogen-bond acceptors (Lipinski definition) is 3. The highest BCUT2D eigenvalue weighted by molar-refractivity contribution is 5.95. The Labute approximate surface area is 170 Å². The Morgan fingerprint density at radius 3 is 2.48 bits per heavy atom. The fourth-order valence-electron chi connectivity index (χ4n) is 4.82. The van der Waals surface area contributed by atoms with E-state index in [-0.39, 0.29) is 11.9 Å². The summed E-state index contributed by atoms with van der Waals surface area (Å²) in [4.78, 5) is 15.4. The molecular formula is C25H23NO3. The van der Waals surface area contributed by atoms with Crippen LogP contribution in [0.15, 0.2) is 60.7 Å². The Morgan fingerprint density at radius 2 is 1.72 bits per heavy atom. The first kappa shape index (κ1) is 17.8. The zero-order valence-electron chi connectivity index (χ0n) is 16.6. The van der Waals surface area contributed by atoms with E-state index in [0.717, 1.165) is 35.5 Å². The average Bonchev–Trinajstić information content (AvgIpc) is 2.79. The van der Waals surface area contributed by atoms with Gasteiger partial charge in [-0.1, -0.05) is 42.5 Å². The number of nitrogens with zero attached hydrogens (tertiary/aromatic N) is 1. The predicted molar refractivity (Wildman–Crippen MR) is 113 cm³/mol. The van der Waals surface area contributed by atoms with Crippen LogP contribution in [0, 0.1) is 0 Å². The van der Waals surface area contributed by atoms with Crippen LogP contribution in [0.3, 0.4) is 0 Å². The Morgan fingerprint density at radius 1 is 0.966 bits per heavy atom. The number of rotatable bonds is 3. The standard InChI is InChI=1S/C25H23NO3/c1-28-21-15-18-12-13-26(25(27)16-8-4-3-5-9-16)20-14-17-10-6-7-11-19(17)23(22(18)20)24(21)29-2/h3-11,15,20H,12-14H2,1-2H3/t20-/m1/s1. The SMILES string of the molecule is COc1cc2c3c(c1OC)-c1ccccc1C[C@H]3N(C(=O)c1ccccc1)CC2. The second-order valence-corrected chi connectivity index (χ2v) is 7.55. The number of fused-ring (bicyclic) bond motifs is 2. The smallest absolute Gasteiger partial charge is 0.254 e. The van der Waals surface area contributed by atoms with Crippen molar-refractivity contribution in [2.45, 2.75) is 18.9 Å². The lowest BCUT2D eigenvalue weighted by atomic mass is 9.76. The zero-order valence-corrected chi connectivity index (χ0v) is 16.6. The van der Waals surface area contributed by atoms with Crippen molar-refractivity contribution in [3.05, 3.63) is 82.9 Å². The zero-order chi connectivity index (χ0) is 20.0. The van der Waals surface area contributed by atoms with Gasteiger partial charge in [-0.3, -0.25) is 4.79 Å². The first-order valence-corrected chi connectivity index (χ1v) is 9.95. The number of hydrogen-bond donors (Lipinski definition) is 0. The third-order valence-electron chi connectivity index (χ3n) is 6.11. The molecule has 4 nitrogen and oxygen atoms in total. The van der Waals surface area contributed by atoms with E-state index in [1.807, 2.05) is 35.2 Å². The Bertz CT molecular complexity index is 1090. The van der Waals surface area contributed by atoms with E-state index in [9.17, 15) is 4.79 Å². The fraction of sp³-hybridized carbons (Fsp3) is 0.240. The lowest BCUT2D eigenvalue weighted by molar-refractivity contribution is 0.0658. The normalized spacial score (nSPS) is 16.6. The minimum Gasteiger partial charge on any atom is -0.493 e. The average molecular weight is 385 g/mol. The third kappa shape index (κ3) is 2.70. The summed E-state index contributed by atoms with van der Waals surface area (Å²) in [5.41, 5.74) is 6.65. The van der Waals surface area contributed by atoms with Crippen molar-refractivity contribution in [3.8, 4) is 22.6 Å². The maximum atomic E-state index is 13.4. The molecule has 0 unspecified atom stereocenters. The van der Waals surface area contributed by atoms with Gasteiger partial charge in [0.25, 0.3) is 5.91 Å². The van der Waals surface area contributed by atoms with Crippen LogP contribution in [0.25, 0.3) is 11.1 Å². The van der Waals surface area contributed by atoms with E-state index in [0.29, 0.717) is 6.54 Å². The molecular weight excluding hydrogens is 362 g/mol. The van der Waals surface area contributed by atoms with Gasteiger partial charge in [-0.15, -0.1) is 0 Å². The molecule has 0 saturated carbocycles. The van der Waals surface area contributed by atoms with E-state index in [2.05, 4.69) is 30.3 Å². The molecule has 1 heterocycles. The number of carbonyl (C=O) groups is 1. The molecule has 1 atom stereocenters. The van der Waals surface area contributed by atoms with Gasteiger partial charge in [-0.2, -0.15) is 0 Å². The van der Waals surface area contributed by atoms with Crippen LogP contribution in [0.4, 0.5) is 0 Å². The van der Waals surface area contributed by atoms with Crippen molar-refractivity contribution >= 4 is 5.91 Å². The van der Waals surface area contributed by atoms with Crippen molar-refractivity contribution in [3.63, 3.8) is 0 Å². The van der Waals surface area contributed by atoms with Crippen LogP contribution in [-0.4, -0.2) is 31.6 Å². The van der Waals surface area contributed by atoms with Crippen LogP contribution in [0.5, 0.6) is 11.5 Å². The molecule has 146 valence electrons. The van der Waals surface area contributed by atoms with Gasteiger partial charge in [0, 0.05) is 17.7 Å². The van der Waals surface area contributed by atoms with Gasteiger partial charge < -0.3 is 14.4 Å². The van der Waals surface area contributed by atoms with Gasteiger partial charge in [-0.25, -0.2) is 0 Å². The van der Waals surface area contributed by atoms with Crippen LogP contribution in [-0.2, 0) is 12.8 Å². The molecule has 0 N–H and O–H groups in total. The molecule has 0 bridgehead atoms. The Balaban J connectivity index is 1.71. The highest BCUT2D eigenvalue weighted by atomic mass is 16.5. The van der Waals surface area contributed by atoms with Crippen molar-refractivity contribution in [2.75, 3.05) is 20.8 Å². The topological polar surface area (TPSA) is 38.8 Å². The lowest BCUT2D eigenvalue weighted by Gasteiger charge is -2.42. The van der Waals surface area contributed by atoms with E-state index < -0.39 is 0 Å². The summed E-state index contributed by atoms with van der Waals surface area (Å²) in [6.07, 6.45) is 1.62. The molecule has 0 aromatic heterocycles. The van der Waals surface area contributed by atoms with Crippen molar-refractivity contribution < 1.29 is 14.3 Å². The van der Waals surface area contributed by atoms with Gasteiger partial charge in [0.15, 0.2) is 11.5 Å².